The van der Waals surface area contributed by atoms with Crippen LogP contribution in [-0.2, 0) is 11.3 Å². The van der Waals surface area contributed by atoms with Crippen molar-refractivity contribution in [2.45, 2.75) is 6.61 Å². The quantitative estimate of drug-likeness (QED) is 0.267. The van der Waals surface area contributed by atoms with E-state index in [1.165, 1.54) is 6.20 Å². The van der Waals surface area contributed by atoms with Crippen LogP contribution in [0.25, 0.3) is 11.3 Å². The van der Waals surface area contributed by atoms with Crippen LogP contribution in [0.4, 0.5) is 10.5 Å². The molecule has 0 bridgehead atoms. The van der Waals surface area contributed by atoms with Gasteiger partial charge in [0.1, 0.15) is 11.8 Å². The maximum Gasteiger partial charge on any atom is 0.411 e. The topological polar surface area (TPSA) is 89.9 Å². The summed E-state index contributed by atoms with van der Waals surface area (Å²) in [5, 5.41) is 3.42. The summed E-state index contributed by atoms with van der Waals surface area (Å²) in [4.78, 5) is 27.0. The van der Waals surface area contributed by atoms with Crippen molar-refractivity contribution in [2.75, 3.05) is 5.32 Å². The molecule has 7 nitrogen and oxygen atoms in total. The highest BCUT2D eigenvalue weighted by Gasteiger charge is 2.05. The van der Waals surface area contributed by atoms with Crippen molar-refractivity contribution in [3.8, 4) is 11.3 Å². The van der Waals surface area contributed by atoms with E-state index in [9.17, 15) is 4.79 Å². The maximum absolute atomic E-state index is 11.8. The first kappa shape index (κ1) is 23.4. The van der Waals surface area contributed by atoms with Crippen LogP contribution in [0.1, 0.15) is 5.56 Å². The average Bonchev–Trinajstić information content (AvgIpc) is 2.79. The fourth-order valence-electron chi connectivity index (χ4n) is 2.41. The Kier molecular flexibility index (Phi) is 8.74. The summed E-state index contributed by atoms with van der Waals surface area (Å²) in [5.74, 6) is 0. The molecule has 0 atom stereocenters. The number of nitrogens with one attached hydrogen (secondary N) is 1. The van der Waals surface area contributed by atoms with Gasteiger partial charge in [-0.3, -0.25) is 5.32 Å². The van der Waals surface area contributed by atoms with Crippen LogP contribution in [0.5, 0.6) is 0 Å². The van der Waals surface area contributed by atoms with E-state index in [0.717, 1.165) is 11.1 Å². The summed E-state index contributed by atoms with van der Waals surface area (Å²) in [7, 11) is 0. The number of hydrogen-bond donors (Lipinski definition) is 1. The summed E-state index contributed by atoms with van der Waals surface area (Å²) in [5.41, 5.74) is 3.16. The Balaban J connectivity index is 0.000000305. The first-order valence-electron chi connectivity index (χ1n) is 9.20. The molecule has 162 valence electrons. The fraction of sp³-hybridized carbons (Fsp3) is 0.0455. The largest absolute Gasteiger partial charge is 0.444 e. The number of rotatable bonds is 4. The van der Waals surface area contributed by atoms with Crippen molar-refractivity contribution < 1.29 is 9.53 Å². The summed E-state index contributed by atoms with van der Waals surface area (Å²) < 4.78 is 5.17. The molecule has 0 unspecified atom stereocenters. The average molecular weight is 489 g/mol. The molecule has 0 saturated carbocycles. The maximum atomic E-state index is 11.8. The first-order valence-corrected chi connectivity index (χ1v) is 10.3. The second-order valence-electron chi connectivity index (χ2n) is 6.12. The van der Waals surface area contributed by atoms with Crippen molar-refractivity contribution in [1.29, 1.82) is 0 Å². The fourth-order valence-corrected chi connectivity index (χ4v) is 2.89. The standard InChI is InChI=1S/C18H14ClN3O2.C4H2Cl2N2/c19-17-20-11-10-16(22-17)14-6-8-15(9-7-14)21-18(23)24-12-13-4-2-1-3-5-13;5-3-1-2-7-4(6)8-3/h1-11H,12H2,(H,21,23);1-2H. The van der Waals surface area contributed by atoms with Gasteiger partial charge < -0.3 is 4.74 Å². The lowest BCUT2D eigenvalue weighted by Crippen LogP contribution is -2.13. The van der Waals surface area contributed by atoms with Gasteiger partial charge >= 0.3 is 6.09 Å². The predicted octanol–water partition coefficient (Wildman–Crippen LogP) is 6.33. The van der Waals surface area contributed by atoms with E-state index in [0.29, 0.717) is 16.5 Å². The SMILES string of the molecule is Clc1ccnc(Cl)n1.O=C(Nc1ccc(-c2ccnc(Cl)n2)cc1)OCc1ccccc1. The number of nitrogens with zero attached hydrogens (tertiary/aromatic N) is 4. The molecule has 2 heterocycles. The van der Waals surface area contributed by atoms with Gasteiger partial charge in [0, 0.05) is 23.6 Å². The van der Waals surface area contributed by atoms with Gasteiger partial charge in [-0.05, 0) is 53.0 Å². The molecule has 4 aromatic rings. The molecule has 0 spiro atoms. The van der Waals surface area contributed by atoms with E-state index in [2.05, 4.69) is 25.3 Å². The number of hydrogen-bond acceptors (Lipinski definition) is 6. The van der Waals surface area contributed by atoms with E-state index in [1.807, 2.05) is 42.5 Å². The molecule has 0 aliphatic heterocycles. The van der Waals surface area contributed by atoms with Crippen LogP contribution in [0, 0.1) is 0 Å². The third kappa shape index (κ3) is 7.77. The number of amides is 1. The van der Waals surface area contributed by atoms with Crippen molar-refractivity contribution in [2.24, 2.45) is 0 Å². The molecule has 0 aliphatic rings. The highest BCUT2D eigenvalue weighted by atomic mass is 35.5. The monoisotopic (exact) mass is 487 g/mol. The molecule has 1 amide bonds. The Bertz CT molecular complexity index is 1140. The zero-order chi connectivity index (χ0) is 22.8. The van der Waals surface area contributed by atoms with Crippen LogP contribution in [0.2, 0.25) is 15.7 Å². The van der Waals surface area contributed by atoms with Crippen LogP contribution >= 0.6 is 34.8 Å². The number of carbonyl (C=O) groups is 1. The predicted molar refractivity (Wildman–Crippen MR) is 125 cm³/mol. The van der Waals surface area contributed by atoms with E-state index >= 15 is 0 Å². The van der Waals surface area contributed by atoms with Gasteiger partial charge in [0.2, 0.25) is 10.6 Å². The number of halogens is 3. The van der Waals surface area contributed by atoms with Crippen LogP contribution in [-0.4, -0.2) is 26.0 Å². The minimum atomic E-state index is -0.503. The summed E-state index contributed by atoms with van der Waals surface area (Å²) in [6, 6.07) is 20.1. The van der Waals surface area contributed by atoms with Crippen LogP contribution in [0.15, 0.2) is 79.1 Å². The minimum Gasteiger partial charge on any atom is -0.444 e. The lowest BCUT2D eigenvalue weighted by molar-refractivity contribution is 0.155. The normalized spacial score (nSPS) is 9.97. The van der Waals surface area contributed by atoms with Gasteiger partial charge in [-0.15, -0.1) is 0 Å². The van der Waals surface area contributed by atoms with E-state index in [-0.39, 0.29) is 17.2 Å². The van der Waals surface area contributed by atoms with E-state index in [1.54, 1.807) is 30.5 Å². The van der Waals surface area contributed by atoms with Gasteiger partial charge in [0.15, 0.2) is 0 Å². The lowest BCUT2D eigenvalue weighted by Gasteiger charge is -2.08. The molecule has 32 heavy (non-hydrogen) atoms. The van der Waals surface area contributed by atoms with Crippen LogP contribution < -0.4 is 5.32 Å². The number of benzene rings is 2. The second kappa shape index (κ2) is 12.0. The lowest BCUT2D eigenvalue weighted by atomic mass is 10.1. The number of carbonyl (C=O) groups excluding carboxylic acids is 1. The van der Waals surface area contributed by atoms with E-state index in [4.69, 9.17) is 39.5 Å². The van der Waals surface area contributed by atoms with Crippen LogP contribution in [0.3, 0.4) is 0 Å². The summed E-state index contributed by atoms with van der Waals surface area (Å²) in [6.45, 7) is 0.226. The first-order chi connectivity index (χ1) is 15.5. The molecule has 10 heteroatoms. The van der Waals surface area contributed by atoms with Crippen molar-refractivity contribution in [1.82, 2.24) is 19.9 Å². The van der Waals surface area contributed by atoms with Gasteiger partial charge in [-0.25, -0.2) is 24.7 Å². The zero-order valence-corrected chi connectivity index (χ0v) is 18.7. The second-order valence-corrected chi connectivity index (χ2v) is 7.19. The van der Waals surface area contributed by atoms with Gasteiger partial charge in [0.05, 0.1) is 5.69 Å². The molecule has 2 aromatic heterocycles. The van der Waals surface area contributed by atoms with Gasteiger partial charge in [0.25, 0.3) is 0 Å². The Labute approximate surface area is 199 Å². The Morgan fingerprint density at radius 2 is 1.47 bits per heavy atom. The zero-order valence-electron chi connectivity index (χ0n) is 16.5. The van der Waals surface area contributed by atoms with Crippen molar-refractivity contribution in [3.63, 3.8) is 0 Å². The molecule has 0 radical (unpaired) electrons. The number of ether oxygens (including phenoxy) is 1. The van der Waals surface area contributed by atoms with Crippen molar-refractivity contribution in [3.05, 3.63) is 100 Å². The summed E-state index contributed by atoms with van der Waals surface area (Å²) >= 11 is 16.5. The number of aromatic nitrogens is 4. The van der Waals surface area contributed by atoms with Crippen molar-refractivity contribution >= 4 is 46.6 Å². The smallest absolute Gasteiger partial charge is 0.411 e. The molecule has 0 aliphatic carbocycles. The molecular formula is C22H16Cl3N5O2. The Hall–Kier alpha value is -3.26. The Morgan fingerprint density at radius 1 is 0.812 bits per heavy atom. The van der Waals surface area contributed by atoms with E-state index < -0.39 is 6.09 Å². The molecule has 0 saturated heterocycles. The third-order valence-corrected chi connectivity index (χ3v) is 4.43. The Morgan fingerprint density at radius 3 is 2.06 bits per heavy atom. The van der Waals surface area contributed by atoms with Gasteiger partial charge in [-0.1, -0.05) is 54.1 Å². The molecule has 1 N–H and O–H groups in total. The van der Waals surface area contributed by atoms with Gasteiger partial charge in [-0.2, -0.15) is 0 Å². The molecular weight excluding hydrogens is 473 g/mol. The highest BCUT2D eigenvalue weighted by Crippen LogP contribution is 2.20. The minimum absolute atomic E-state index is 0.178. The molecule has 4 rings (SSSR count). The molecule has 2 aromatic carbocycles. The number of anilines is 1. The molecule has 0 fully saturated rings. The third-order valence-electron chi connectivity index (χ3n) is 3.86. The summed E-state index contributed by atoms with van der Waals surface area (Å²) in [6.07, 6.45) is 2.59. The highest BCUT2D eigenvalue weighted by molar-refractivity contribution is 6.31.